The van der Waals surface area contributed by atoms with Gasteiger partial charge in [-0.05, 0) is 19.9 Å². The minimum atomic E-state index is -0.596. The second-order valence-electron chi connectivity index (χ2n) is 4.52. The van der Waals surface area contributed by atoms with Gasteiger partial charge in [0.05, 0.1) is 29.6 Å². The first-order valence-corrected chi connectivity index (χ1v) is 5.19. The highest BCUT2D eigenvalue weighted by atomic mass is 16.3. The van der Waals surface area contributed by atoms with Crippen LogP contribution in [0, 0.1) is 0 Å². The molecule has 0 aliphatic rings. The molecule has 0 saturated carbocycles. The van der Waals surface area contributed by atoms with Crippen molar-refractivity contribution in [1.82, 2.24) is 4.98 Å². The molecular formula is C11H18N4O2. The number of anilines is 2. The normalized spacial score (nSPS) is 11.3. The quantitative estimate of drug-likeness (QED) is 0.683. The topological polar surface area (TPSA) is 105 Å². The van der Waals surface area contributed by atoms with Gasteiger partial charge in [-0.25, -0.2) is 4.98 Å². The van der Waals surface area contributed by atoms with Gasteiger partial charge in [-0.1, -0.05) is 0 Å². The van der Waals surface area contributed by atoms with Crippen molar-refractivity contribution in [2.24, 2.45) is 5.73 Å². The van der Waals surface area contributed by atoms with E-state index in [1.165, 1.54) is 12.3 Å². The zero-order valence-electron chi connectivity index (χ0n) is 10.3. The molecule has 5 N–H and O–H groups in total. The number of carbonyl (C=O) groups excluding carboxylic acids is 1. The summed E-state index contributed by atoms with van der Waals surface area (Å²) < 4.78 is 0. The van der Waals surface area contributed by atoms with Crippen molar-refractivity contribution in [3.63, 3.8) is 0 Å². The molecule has 0 unspecified atom stereocenters. The van der Waals surface area contributed by atoms with Crippen LogP contribution in [0.5, 0.6) is 0 Å². The summed E-state index contributed by atoms with van der Waals surface area (Å²) in [6, 6.07) is 1.52. The van der Waals surface area contributed by atoms with E-state index in [4.69, 9.17) is 11.5 Å². The van der Waals surface area contributed by atoms with E-state index in [1.54, 1.807) is 11.9 Å². The number of hydrogen-bond acceptors (Lipinski definition) is 5. The van der Waals surface area contributed by atoms with Gasteiger partial charge in [-0.3, -0.25) is 4.79 Å². The highest BCUT2D eigenvalue weighted by Crippen LogP contribution is 2.22. The summed E-state index contributed by atoms with van der Waals surface area (Å²) in [5.41, 5.74) is 10.8. The molecule has 1 aromatic heterocycles. The molecule has 0 spiro atoms. The fraction of sp³-hybridized carbons (Fsp3) is 0.455. The number of nitrogen functional groups attached to an aromatic ring is 1. The predicted molar refractivity (Wildman–Crippen MR) is 66.7 cm³/mol. The van der Waals surface area contributed by atoms with Crippen LogP contribution >= 0.6 is 0 Å². The van der Waals surface area contributed by atoms with Gasteiger partial charge in [-0.2, -0.15) is 0 Å². The largest absolute Gasteiger partial charge is 0.397 e. The summed E-state index contributed by atoms with van der Waals surface area (Å²) in [6.07, 6.45) is 1.39. The Hall–Kier alpha value is -1.82. The number of carbonyl (C=O) groups is 1. The maximum absolute atomic E-state index is 11.2. The lowest BCUT2D eigenvalue weighted by Gasteiger charge is -2.35. The molecule has 17 heavy (non-hydrogen) atoms. The number of aliphatic hydroxyl groups excluding tert-OH is 1. The van der Waals surface area contributed by atoms with Crippen molar-refractivity contribution >= 4 is 17.4 Å². The summed E-state index contributed by atoms with van der Waals surface area (Å²) in [6.45, 7) is 3.67. The van der Waals surface area contributed by atoms with Crippen molar-refractivity contribution in [2.75, 3.05) is 24.3 Å². The third kappa shape index (κ3) is 2.65. The van der Waals surface area contributed by atoms with Crippen LogP contribution in [0.3, 0.4) is 0 Å². The van der Waals surface area contributed by atoms with Crippen LogP contribution in [0.4, 0.5) is 11.5 Å². The first kappa shape index (κ1) is 13.2. The average molecular weight is 238 g/mol. The monoisotopic (exact) mass is 238 g/mol. The molecule has 0 aliphatic carbocycles. The van der Waals surface area contributed by atoms with E-state index < -0.39 is 11.4 Å². The number of hydrogen-bond donors (Lipinski definition) is 3. The molecule has 0 aliphatic heterocycles. The van der Waals surface area contributed by atoms with Gasteiger partial charge in [0, 0.05) is 7.05 Å². The number of likely N-dealkylation sites (N-methyl/N-ethyl adjacent to an activating group) is 1. The van der Waals surface area contributed by atoms with E-state index in [0.717, 1.165) is 0 Å². The fourth-order valence-corrected chi connectivity index (χ4v) is 1.27. The molecule has 0 aromatic carbocycles. The lowest BCUT2D eigenvalue weighted by molar-refractivity contribution is 0.100. The number of amides is 1. The highest BCUT2D eigenvalue weighted by Gasteiger charge is 2.24. The van der Waals surface area contributed by atoms with Gasteiger partial charge in [-0.15, -0.1) is 0 Å². The summed E-state index contributed by atoms with van der Waals surface area (Å²) in [7, 11) is 1.78. The number of nitrogens with zero attached hydrogens (tertiary/aromatic N) is 2. The van der Waals surface area contributed by atoms with Crippen LogP contribution in [-0.4, -0.2) is 35.2 Å². The lowest BCUT2D eigenvalue weighted by atomic mass is 10.0. The fourth-order valence-electron chi connectivity index (χ4n) is 1.27. The molecule has 0 atom stereocenters. The summed E-state index contributed by atoms with van der Waals surface area (Å²) in [4.78, 5) is 17.0. The number of aromatic nitrogens is 1. The zero-order valence-corrected chi connectivity index (χ0v) is 10.3. The molecule has 0 bridgehead atoms. The van der Waals surface area contributed by atoms with Crippen molar-refractivity contribution in [3.8, 4) is 0 Å². The van der Waals surface area contributed by atoms with Gasteiger partial charge in [0.1, 0.15) is 5.82 Å². The third-order valence-corrected chi connectivity index (χ3v) is 2.82. The number of pyridine rings is 1. The van der Waals surface area contributed by atoms with Gasteiger partial charge in [0.2, 0.25) is 0 Å². The van der Waals surface area contributed by atoms with Crippen LogP contribution in [0.15, 0.2) is 12.3 Å². The third-order valence-electron chi connectivity index (χ3n) is 2.82. The highest BCUT2D eigenvalue weighted by molar-refractivity contribution is 5.98. The van der Waals surface area contributed by atoms with E-state index in [9.17, 15) is 9.90 Å². The molecule has 1 amide bonds. The second-order valence-corrected chi connectivity index (χ2v) is 4.52. The minimum Gasteiger partial charge on any atom is -0.397 e. The molecule has 1 rings (SSSR count). The van der Waals surface area contributed by atoms with Crippen LogP contribution in [0.25, 0.3) is 0 Å². The molecule has 1 heterocycles. The van der Waals surface area contributed by atoms with Gasteiger partial charge >= 0.3 is 0 Å². The molecule has 6 nitrogen and oxygen atoms in total. The van der Waals surface area contributed by atoms with Gasteiger partial charge < -0.3 is 21.5 Å². The molecule has 0 radical (unpaired) electrons. The summed E-state index contributed by atoms with van der Waals surface area (Å²) >= 11 is 0. The Labute approximate surface area is 100 Å². The molecular weight excluding hydrogens is 220 g/mol. The Morgan fingerprint density at radius 3 is 2.65 bits per heavy atom. The Morgan fingerprint density at radius 2 is 2.18 bits per heavy atom. The maximum Gasteiger partial charge on any atom is 0.250 e. The first-order valence-electron chi connectivity index (χ1n) is 5.19. The molecule has 0 fully saturated rings. The van der Waals surface area contributed by atoms with E-state index in [-0.39, 0.29) is 17.9 Å². The number of aliphatic hydroxyl groups is 1. The molecule has 94 valence electrons. The van der Waals surface area contributed by atoms with Crippen LogP contribution in [0.2, 0.25) is 0 Å². The zero-order chi connectivity index (χ0) is 13.2. The SMILES string of the molecule is CN(c1cc(C(N)=O)c(N)cn1)C(C)(C)CO. The van der Waals surface area contributed by atoms with Crippen LogP contribution in [-0.2, 0) is 0 Å². The van der Waals surface area contributed by atoms with Gasteiger partial charge in [0.15, 0.2) is 0 Å². The number of rotatable bonds is 4. The predicted octanol–water partition coefficient (Wildman–Crippen LogP) is -0.0302. The smallest absolute Gasteiger partial charge is 0.250 e. The number of primary amides is 1. The van der Waals surface area contributed by atoms with E-state index in [0.29, 0.717) is 5.82 Å². The van der Waals surface area contributed by atoms with Crippen molar-refractivity contribution in [2.45, 2.75) is 19.4 Å². The van der Waals surface area contributed by atoms with Crippen LogP contribution in [0.1, 0.15) is 24.2 Å². The van der Waals surface area contributed by atoms with Crippen molar-refractivity contribution in [3.05, 3.63) is 17.8 Å². The van der Waals surface area contributed by atoms with Crippen molar-refractivity contribution in [1.29, 1.82) is 0 Å². The van der Waals surface area contributed by atoms with Crippen molar-refractivity contribution < 1.29 is 9.90 Å². The Kier molecular flexibility index (Phi) is 3.57. The Bertz CT molecular complexity index is 431. The maximum atomic E-state index is 11.2. The summed E-state index contributed by atoms with van der Waals surface area (Å²) in [5.74, 6) is -0.0617. The molecule has 6 heteroatoms. The van der Waals surface area contributed by atoms with E-state index >= 15 is 0 Å². The first-order chi connectivity index (χ1) is 7.79. The Morgan fingerprint density at radius 1 is 1.59 bits per heavy atom. The lowest BCUT2D eigenvalue weighted by Crippen LogP contribution is -2.45. The second kappa shape index (κ2) is 4.58. The van der Waals surface area contributed by atoms with E-state index in [1.807, 2.05) is 13.8 Å². The number of nitrogens with two attached hydrogens (primary N) is 2. The standard InChI is InChI=1S/C11H18N4O2/c1-11(2,6-16)15(3)9-4-7(10(13)17)8(12)5-14-9/h4-5,16H,6,12H2,1-3H3,(H2,13,17). The molecule has 0 saturated heterocycles. The molecule has 1 aromatic rings. The van der Waals surface area contributed by atoms with Gasteiger partial charge in [0.25, 0.3) is 5.91 Å². The minimum absolute atomic E-state index is 0.0402. The summed E-state index contributed by atoms with van der Waals surface area (Å²) in [5, 5.41) is 9.27. The van der Waals surface area contributed by atoms with E-state index in [2.05, 4.69) is 4.98 Å². The van der Waals surface area contributed by atoms with Crippen LogP contribution < -0.4 is 16.4 Å². The Balaban J connectivity index is 3.16. The average Bonchev–Trinajstić information content (AvgIpc) is 2.28.